The zero-order valence-electron chi connectivity index (χ0n) is 8.43. The Morgan fingerprint density at radius 2 is 2.07 bits per heavy atom. The van der Waals surface area contributed by atoms with Crippen molar-refractivity contribution in [3.63, 3.8) is 0 Å². The minimum absolute atomic E-state index is 0.485. The van der Waals surface area contributed by atoms with Gasteiger partial charge in [0.15, 0.2) is 6.29 Å². The zero-order chi connectivity index (χ0) is 10.7. The highest BCUT2D eigenvalue weighted by molar-refractivity contribution is 5.84. The number of carbonyl (C=O) groups is 1. The van der Waals surface area contributed by atoms with Crippen molar-refractivity contribution in [1.82, 2.24) is 5.16 Å². The maximum absolute atomic E-state index is 10.7. The number of hydrogen-bond acceptors (Lipinski definition) is 3. The van der Waals surface area contributed by atoms with Crippen LogP contribution in [-0.4, -0.2) is 11.4 Å². The molecule has 1 aromatic carbocycles. The fourth-order valence-corrected chi connectivity index (χ4v) is 1.45. The maximum Gasteiger partial charge on any atom is 0.155 e. The molecule has 76 valence electrons. The molecule has 0 amide bonds. The van der Waals surface area contributed by atoms with Crippen LogP contribution in [0.4, 0.5) is 0 Å². The van der Waals surface area contributed by atoms with Crippen LogP contribution in [0.25, 0.3) is 11.3 Å². The van der Waals surface area contributed by atoms with Crippen molar-refractivity contribution >= 4 is 6.29 Å². The molecule has 0 unspecified atom stereocenters. The van der Waals surface area contributed by atoms with Gasteiger partial charge in [0, 0.05) is 5.56 Å². The number of nitrogens with zero attached hydrogens (tertiary/aromatic N) is 1. The van der Waals surface area contributed by atoms with Gasteiger partial charge in [0.25, 0.3) is 0 Å². The summed E-state index contributed by atoms with van der Waals surface area (Å²) in [6.45, 7) is 2.10. The van der Waals surface area contributed by atoms with Crippen LogP contribution in [-0.2, 0) is 6.42 Å². The SMILES string of the molecule is CCc1ccc(-c2nocc2C=O)cc1. The lowest BCUT2D eigenvalue weighted by Crippen LogP contribution is -1.85. The molecule has 0 aliphatic rings. The summed E-state index contributed by atoms with van der Waals surface area (Å²) >= 11 is 0. The van der Waals surface area contributed by atoms with E-state index in [9.17, 15) is 4.79 Å². The second-order valence-corrected chi connectivity index (χ2v) is 3.29. The van der Waals surface area contributed by atoms with E-state index in [0.717, 1.165) is 18.3 Å². The summed E-state index contributed by atoms with van der Waals surface area (Å²) in [7, 11) is 0. The van der Waals surface area contributed by atoms with Crippen LogP contribution in [0, 0.1) is 0 Å². The summed E-state index contributed by atoms with van der Waals surface area (Å²) in [5, 5.41) is 3.81. The standard InChI is InChI=1S/C12H11NO2/c1-2-9-3-5-10(6-4-9)12-11(7-14)8-15-13-12/h3-8H,2H2,1H3. The Kier molecular flexibility index (Phi) is 2.63. The van der Waals surface area contributed by atoms with Gasteiger partial charge in [0.1, 0.15) is 12.0 Å². The van der Waals surface area contributed by atoms with Crippen molar-refractivity contribution in [2.24, 2.45) is 0 Å². The summed E-state index contributed by atoms with van der Waals surface area (Å²) in [5.74, 6) is 0. The topological polar surface area (TPSA) is 43.1 Å². The van der Waals surface area contributed by atoms with E-state index in [1.165, 1.54) is 11.8 Å². The van der Waals surface area contributed by atoms with Gasteiger partial charge in [-0.25, -0.2) is 0 Å². The van der Waals surface area contributed by atoms with Crippen molar-refractivity contribution in [3.05, 3.63) is 41.7 Å². The van der Waals surface area contributed by atoms with Crippen molar-refractivity contribution in [3.8, 4) is 11.3 Å². The fourth-order valence-electron chi connectivity index (χ4n) is 1.45. The number of carbonyl (C=O) groups excluding carboxylic acids is 1. The van der Waals surface area contributed by atoms with E-state index in [0.29, 0.717) is 11.3 Å². The van der Waals surface area contributed by atoms with Crippen LogP contribution >= 0.6 is 0 Å². The number of rotatable bonds is 3. The quantitative estimate of drug-likeness (QED) is 0.717. The molecule has 1 aromatic heterocycles. The van der Waals surface area contributed by atoms with Crippen molar-refractivity contribution in [2.75, 3.05) is 0 Å². The first-order valence-electron chi connectivity index (χ1n) is 4.84. The van der Waals surface area contributed by atoms with Gasteiger partial charge in [-0.2, -0.15) is 0 Å². The molecule has 0 atom stereocenters. The molecular weight excluding hydrogens is 190 g/mol. The van der Waals surface area contributed by atoms with Crippen LogP contribution in [0.15, 0.2) is 35.1 Å². The second kappa shape index (κ2) is 4.09. The number of benzene rings is 1. The highest BCUT2D eigenvalue weighted by Gasteiger charge is 2.08. The highest BCUT2D eigenvalue weighted by Crippen LogP contribution is 2.21. The molecule has 15 heavy (non-hydrogen) atoms. The first-order chi connectivity index (χ1) is 7.35. The number of aldehydes is 1. The molecular formula is C12H11NO2. The fraction of sp³-hybridized carbons (Fsp3) is 0.167. The predicted octanol–water partition coefficient (Wildman–Crippen LogP) is 2.72. The van der Waals surface area contributed by atoms with Crippen molar-refractivity contribution < 1.29 is 9.32 Å². The van der Waals surface area contributed by atoms with Gasteiger partial charge in [-0.3, -0.25) is 4.79 Å². The summed E-state index contributed by atoms with van der Waals surface area (Å²) in [6, 6.07) is 7.95. The molecule has 3 nitrogen and oxygen atoms in total. The Bertz CT molecular complexity index is 457. The molecule has 3 heteroatoms. The van der Waals surface area contributed by atoms with E-state index < -0.39 is 0 Å². The summed E-state index contributed by atoms with van der Waals surface area (Å²) in [4.78, 5) is 10.7. The van der Waals surface area contributed by atoms with Crippen LogP contribution in [0.1, 0.15) is 22.8 Å². The van der Waals surface area contributed by atoms with E-state index >= 15 is 0 Å². The first-order valence-corrected chi connectivity index (χ1v) is 4.84. The third-order valence-corrected chi connectivity index (χ3v) is 2.36. The van der Waals surface area contributed by atoms with Gasteiger partial charge in [0.05, 0.1) is 5.56 Å². The lowest BCUT2D eigenvalue weighted by molar-refractivity contribution is 0.112. The van der Waals surface area contributed by atoms with Crippen LogP contribution in [0.2, 0.25) is 0 Å². The molecule has 0 radical (unpaired) electrons. The smallest absolute Gasteiger partial charge is 0.155 e. The van der Waals surface area contributed by atoms with Gasteiger partial charge in [0.2, 0.25) is 0 Å². The zero-order valence-corrected chi connectivity index (χ0v) is 8.43. The molecule has 0 saturated carbocycles. The Labute approximate surface area is 87.7 Å². The maximum atomic E-state index is 10.7. The minimum Gasteiger partial charge on any atom is -0.363 e. The molecule has 0 N–H and O–H groups in total. The molecule has 1 heterocycles. The molecule has 0 saturated heterocycles. The summed E-state index contributed by atoms with van der Waals surface area (Å²) < 4.78 is 4.77. The molecule has 0 aliphatic heterocycles. The predicted molar refractivity (Wildman–Crippen MR) is 56.7 cm³/mol. The molecule has 0 aliphatic carbocycles. The van der Waals surface area contributed by atoms with Gasteiger partial charge >= 0.3 is 0 Å². The molecule has 2 rings (SSSR count). The number of hydrogen-bond donors (Lipinski definition) is 0. The Balaban J connectivity index is 2.41. The normalized spacial score (nSPS) is 10.2. The number of aryl methyl sites for hydroxylation is 1. The Morgan fingerprint density at radius 1 is 1.33 bits per heavy atom. The lowest BCUT2D eigenvalue weighted by Gasteiger charge is -1.99. The van der Waals surface area contributed by atoms with E-state index in [-0.39, 0.29) is 0 Å². The summed E-state index contributed by atoms with van der Waals surface area (Å²) in [6.07, 6.45) is 3.11. The van der Waals surface area contributed by atoms with E-state index in [1.54, 1.807) is 0 Å². The monoisotopic (exact) mass is 201 g/mol. The largest absolute Gasteiger partial charge is 0.363 e. The third kappa shape index (κ3) is 1.81. The minimum atomic E-state index is 0.485. The average Bonchev–Trinajstić information content (AvgIpc) is 2.77. The van der Waals surface area contributed by atoms with Gasteiger partial charge in [-0.1, -0.05) is 36.3 Å². The Hall–Kier alpha value is -1.90. The van der Waals surface area contributed by atoms with Crippen LogP contribution in [0.3, 0.4) is 0 Å². The van der Waals surface area contributed by atoms with Gasteiger partial charge in [-0.15, -0.1) is 0 Å². The van der Waals surface area contributed by atoms with E-state index in [2.05, 4.69) is 12.1 Å². The molecule has 2 aromatic rings. The molecule has 0 fully saturated rings. The third-order valence-electron chi connectivity index (χ3n) is 2.36. The molecule has 0 bridgehead atoms. The molecule has 0 spiro atoms. The van der Waals surface area contributed by atoms with Crippen LogP contribution in [0.5, 0.6) is 0 Å². The van der Waals surface area contributed by atoms with Crippen LogP contribution < -0.4 is 0 Å². The Morgan fingerprint density at radius 3 is 2.67 bits per heavy atom. The highest BCUT2D eigenvalue weighted by atomic mass is 16.5. The van der Waals surface area contributed by atoms with Gasteiger partial charge in [-0.05, 0) is 12.0 Å². The number of aromatic nitrogens is 1. The first kappa shape index (κ1) is 9.65. The van der Waals surface area contributed by atoms with Crippen molar-refractivity contribution in [1.29, 1.82) is 0 Å². The second-order valence-electron chi connectivity index (χ2n) is 3.29. The summed E-state index contributed by atoms with van der Waals surface area (Å²) in [5.41, 5.74) is 3.25. The van der Waals surface area contributed by atoms with Gasteiger partial charge < -0.3 is 4.52 Å². The lowest BCUT2D eigenvalue weighted by atomic mass is 10.1. The average molecular weight is 201 g/mol. The van der Waals surface area contributed by atoms with E-state index in [4.69, 9.17) is 4.52 Å². The van der Waals surface area contributed by atoms with Crippen molar-refractivity contribution in [2.45, 2.75) is 13.3 Å². The van der Waals surface area contributed by atoms with E-state index in [1.807, 2.05) is 24.3 Å².